The molecule has 2 bridgehead atoms. The second-order valence-corrected chi connectivity index (χ2v) is 5.01. The number of pyridine rings is 1. The minimum Gasteiger partial charge on any atom is -0.261 e. The van der Waals surface area contributed by atoms with Gasteiger partial charge in [0, 0.05) is 11.9 Å². The lowest BCUT2D eigenvalue weighted by Crippen LogP contribution is -2.08. The van der Waals surface area contributed by atoms with Crippen molar-refractivity contribution in [2.45, 2.75) is 38.5 Å². The number of aryl methyl sites for hydroxylation is 1. The van der Waals surface area contributed by atoms with Gasteiger partial charge in [0.05, 0.1) is 0 Å². The van der Waals surface area contributed by atoms with E-state index in [4.69, 9.17) is 0 Å². The van der Waals surface area contributed by atoms with Crippen LogP contribution in [-0.4, -0.2) is 4.98 Å². The largest absolute Gasteiger partial charge is 0.261 e. The van der Waals surface area contributed by atoms with Crippen LogP contribution in [0, 0.1) is 18.8 Å². The fourth-order valence-electron chi connectivity index (χ4n) is 3.35. The fraction of sp³-hybridized carbons (Fsp3) is 0.615. The van der Waals surface area contributed by atoms with E-state index in [0.717, 1.165) is 23.4 Å². The van der Waals surface area contributed by atoms with Crippen LogP contribution >= 0.6 is 0 Å². The Morgan fingerprint density at radius 2 is 2.14 bits per heavy atom. The monoisotopic (exact) mass is 187 g/mol. The summed E-state index contributed by atoms with van der Waals surface area (Å²) in [5, 5.41) is 0. The third-order valence-corrected chi connectivity index (χ3v) is 4.10. The van der Waals surface area contributed by atoms with Gasteiger partial charge in [0.15, 0.2) is 0 Å². The SMILES string of the molecule is Cc1ccc(C2CC3CCC2C3)cn1. The van der Waals surface area contributed by atoms with E-state index in [2.05, 4.69) is 30.2 Å². The van der Waals surface area contributed by atoms with E-state index in [1.54, 1.807) is 0 Å². The molecule has 1 aromatic heterocycles. The Bertz CT molecular complexity index is 328. The molecule has 3 unspecified atom stereocenters. The third-order valence-electron chi connectivity index (χ3n) is 4.10. The van der Waals surface area contributed by atoms with Gasteiger partial charge in [-0.25, -0.2) is 0 Å². The molecule has 0 radical (unpaired) electrons. The number of nitrogens with zero attached hydrogens (tertiary/aromatic N) is 1. The van der Waals surface area contributed by atoms with Crippen LogP contribution in [-0.2, 0) is 0 Å². The highest BCUT2D eigenvalue weighted by molar-refractivity contribution is 5.21. The highest BCUT2D eigenvalue weighted by atomic mass is 14.7. The number of hydrogen-bond acceptors (Lipinski definition) is 1. The standard InChI is InChI=1S/C13H17N/c1-9-2-4-12(8-14-9)13-7-10-3-5-11(13)6-10/h2,4,8,10-11,13H,3,5-7H2,1H3. The van der Waals surface area contributed by atoms with Crippen LogP contribution in [0.5, 0.6) is 0 Å². The normalized spacial score (nSPS) is 35.1. The molecule has 2 fully saturated rings. The molecule has 0 saturated heterocycles. The molecule has 1 heteroatoms. The molecule has 3 atom stereocenters. The van der Waals surface area contributed by atoms with Crippen molar-refractivity contribution in [3.8, 4) is 0 Å². The average Bonchev–Trinajstić information content (AvgIpc) is 2.80. The minimum absolute atomic E-state index is 0.835. The second-order valence-electron chi connectivity index (χ2n) is 5.01. The molecule has 1 aromatic rings. The molecule has 14 heavy (non-hydrogen) atoms. The van der Waals surface area contributed by atoms with Gasteiger partial charge in [-0.3, -0.25) is 4.98 Å². The first-order valence-electron chi connectivity index (χ1n) is 5.75. The molecule has 0 N–H and O–H groups in total. The number of hydrogen-bond donors (Lipinski definition) is 0. The van der Waals surface area contributed by atoms with Gasteiger partial charge in [-0.05, 0) is 55.6 Å². The van der Waals surface area contributed by atoms with Crippen molar-refractivity contribution in [3.63, 3.8) is 0 Å². The zero-order valence-electron chi connectivity index (χ0n) is 8.74. The first kappa shape index (κ1) is 8.46. The predicted octanol–water partition coefficient (Wildman–Crippen LogP) is 3.29. The quantitative estimate of drug-likeness (QED) is 0.657. The molecule has 0 spiro atoms. The fourth-order valence-corrected chi connectivity index (χ4v) is 3.35. The Morgan fingerprint density at radius 1 is 1.21 bits per heavy atom. The highest BCUT2D eigenvalue weighted by Crippen LogP contribution is 2.52. The summed E-state index contributed by atoms with van der Waals surface area (Å²) in [4.78, 5) is 4.41. The average molecular weight is 187 g/mol. The van der Waals surface area contributed by atoms with Crippen LogP contribution in [0.3, 0.4) is 0 Å². The summed E-state index contributed by atoms with van der Waals surface area (Å²) in [5.74, 6) is 2.85. The Hall–Kier alpha value is -0.850. The Labute approximate surface area is 85.6 Å². The van der Waals surface area contributed by atoms with Gasteiger partial charge in [0.25, 0.3) is 0 Å². The molecule has 0 amide bonds. The van der Waals surface area contributed by atoms with Crippen LogP contribution < -0.4 is 0 Å². The van der Waals surface area contributed by atoms with E-state index >= 15 is 0 Å². The first-order valence-corrected chi connectivity index (χ1v) is 5.75. The molecular formula is C13H17N. The van der Waals surface area contributed by atoms with Gasteiger partial charge in [-0.2, -0.15) is 0 Å². The molecule has 1 heterocycles. The molecule has 0 aromatic carbocycles. The maximum atomic E-state index is 4.41. The molecule has 1 nitrogen and oxygen atoms in total. The van der Waals surface area contributed by atoms with E-state index in [9.17, 15) is 0 Å². The number of aromatic nitrogens is 1. The van der Waals surface area contributed by atoms with Crippen LogP contribution in [0.25, 0.3) is 0 Å². The van der Waals surface area contributed by atoms with Crippen LogP contribution in [0.4, 0.5) is 0 Å². The summed E-state index contributed by atoms with van der Waals surface area (Å²) in [6.45, 7) is 2.06. The third kappa shape index (κ3) is 1.26. The van der Waals surface area contributed by atoms with E-state index in [1.165, 1.54) is 31.2 Å². The number of fused-ring (bicyclic) bond motifs is 2. The lowest BCUT2D eigenvalue weighted by Gasteiger charge is -2.21. The Morgan fingerprint density at radius 3 is 2.71 bits per heavy atom. The topological polar surface area (TPSA) is 12.9 Å². The summed E-state index contributed by atoms with van der Waals surface area (Å²) in [6.07, 6.45) is 7.96. The Balaban J connectivity index is 1.86. The van der Waals surface area contributed by atoms with Crippen molar-refractivity contribution in [3.05, 3.63) is 29.6 Å². The van der Waals surface area contributed by atoms with Crippen molar-refractivity contribution in [2.75, 3.05) is 0 Å². The van der Waals surface area contributed by atoms with Gasteiger partial charge in [0.1, 0.15) is 0 Å². The molecule has 2 aliphatic rings. The smallest absolute Gasteiger partial charge is 0.0372 e. The molecule has 2 aliphatic carbocycles. The summed E-state index contributed by atoms with van der Waals surface area (Å²) in [6, 6.07) is 4.44. The van der Waals surface area contributed by atoms with Crippen molar-refractivity contribution < 1.29 is 0 Å². The zero-order chi connectivity index (χ0) is 9.54. The maximum absolute atomic E-state index is 4.41. The second kappa shape index (κ2) is 3.08. The van der Waals surface area contributed by atoms with Gasteiger partial charge >= 0.3 is 0 Å². The van der Waals surface area contributed by atoms with Crippen LogP contribution in [0.15, 0.2) is 18.3 Å². The van der Waals surface area contributed by atoms with E-state index in [-0.39, 0.29) is 0 Å². The van der Waals surface area contributed by atoms with E-state index in [0.29, 0.717) is 0 Å². The first-order chi connectivity index (χ1) is 6.83. The summed E-state index contributed by atoms with van der Waals surface area (Å²) >= 11 is 0. The van der Waals surface area contributed by atoms with E-state index in [1.807, 2.05) is 0 Å². The zero-order valence-corrected chi connectivity index (χ0v) is 8.74. The van der Waals surface area contributed by atoms with Crippen LogP contribution in [0.2, 0.25) is 0 Å². The van der Waals surface area contributed by atoms with Crippen molar-refractivity contribution in [1.82, 2.24) is 4.98 Å². The maximum Gasteiger partial charge on any atom is 0.0372 e. The summed E-state index contributed by atoms with van der Waals surface area (Å²) < 4.78 is 0. The minimum atomic E-state index is 0.835. The van der Waals surface area contributed by atoms with Crippen LogP contribution in [0.1, 0.15) is 42.9 Å². The van der Waals surface area contributed by atoms with E-state index < -0.39 is 0 Å². The van der Waals surface area contributed by atoms with Gasteiger partial charge in [0.2, 0.25) is 0 Å². The predicted molar refractivity (Wildman–Crippen MR) is 57.2 cm³/mol. The van der Waals surface area contributed by atoms with Crippen molar-refractivity contribution in [2.24, 2.45) is 11.8 Å². The lowest BCUT2D eigenvalue weighted by molar-refractivity contribution is 0.419. The van der Waals surface area contributed by atoms with Gasteiger partial charge in [-0.15, -0.1) is 0 Å². The Kier molecular flexibility index (Phi) is 1.86. The van der Waals surface area contributed by atoms with Gasteiger partial charge in [-0.1, -0.05) is 12.5 Å². The number of rotatable bonds is 1. The van der Waals surface area contributed by atoms with Crippen molar-refractivity contribution >= 4 is 0 Å². The lowest BCUT2D eigenvalue weighted by atomic mass is 9.84. The summed E-state index contributed by atoms with van der Waals surface area (Å²) in [7, 11) is 0. The molecule has 2 saturated carbocycles. The molecular weight excluding hydrogens is 170 g/mol. The molecule has 3 rings (SSSR count). The summed E-state index contributed by atoms with van der Waals surface area (Å²) in [5.41, 5.74) is 2.62. The van der Waals surface area contributed by atoms with Crippen molar-refractivity contribution in [1.29, 1.82) is 0 Å². The molecule has 0 aliphatic heterocycles. The molecule has 74 valence electrons. The van der Waals surface area contributed by atoms with Gasteiger partial charge < -0.3 is 0 Å². The highest BCUT2D eigenvalue weighted by Gasteiger charge is 2.40.